The number of hydrogen-bond donors (Lipinski definition) is 1. The average Bonchev–Trinajstić information content (AvgIpc) is 2.71. The highest BCUT2D eigenvalue weighted by Crippen LogP contribution is 2.08. The first-order valence-electron chi connectivity index (χ1n) is 4.01. The van der Waals surface area contributed by atoms with Gasteiger partial charge in [-0.25, -0.2) is 0 Å². The van der Waals surface area contributed by atoms with Crippen LogP contribution in [0.4, 0.5) is 6.01 Å². The molecule has 68 valence electrons. The van der Waals surface area contributed by atoms with E-state index in [1.54, 1.807) is 18.8 Å². The van der Waals surface area contributed by atoms with Gasteiger partial charge < -0.3 is 14.2 Å². The van der Waals surface area contributed by atoms with Crippen molar-refractivity contribution in [2.45, 2.75) is 13.5 Å². The molecule has 2 aromatic rings. The summed E-state index contributed by atoms with van der Waals surface area (Å²) in [5, 5.41) is 3.03. The first-order chi connectivity index (χ1) is 6.34. The van der Waals surface area contributed by atoms with Crippen LogP contribution in [0.1, 0.15) is 11.3 Å². The van der Waals surface area contributed by atoms with E-state index < -0.39 is 0 Å². The largest absolute Gasteiger partial charge is 0.472 e. The van der Waals surface area contributed by atoms with Crippen LogP contribution < -0.4 is 5.32 Å². The van der Waals surface area contributed by atoms with Gasteiger partial charge in [-0.15, -0.1) is 0 Å². The summed E-state index contributed by atoms with van der Waals surface area (Å²) in [6.45, 7) is 2.54. The van der Waals surface area contributed by atoms with Gasteiger partial charge in [-0.2, -0.15) is 4.98 Å². The van der Waals surface area contributed by atoms with E-state index in [-0.39, 0.29) is 0 Å². The molecule has 0 aliphatic carbocycles. The quantitative estimate of drug-likeness (QED) is 0.782. The van der Waals surface area contributed by atoms with E-state index in [2.05, 4.69) is 10.3 Å². The predicted molar refractivity (Wildman–Crippen MR) is 47.3 cm³/mol. The molecule has 0 aliphatic rings. The predicted octanol–water partition coefficient (Wildman–Crippen LogP) is 2.19. The number of anilines is 1. The Morgan fingerprint density at radius 3 is 3.00 bits per heavy atom. The lowest BCUT2D eigenvalue weighted by molar-refractivity contribution is 0.560. The molecule has 2 heterocycles. The third-order valence-corrected chi connectivity index (χ3v) is 1.64. The summed E-state index contributed by atoms with van der Waals surface area (Å²) in [4.78, 5) is 4.10. The smallest absolute Gasteiger partial charge is 0.294 e. The first-order valence-corrected chi connectivity index (χ1v) is 4.01. The van der Waals surface area contributed by atoms with E-state index in [1.807, 2.05) is 13.0 Å². The molecule has 0 fully saturated rings. The van der Waals surface area contributed by atoms with E-state index >= 15 is 0 Å². The van der Waals surface area contributed by atoms with E-state index in [0.717, 1.165) is 11.3 Å². The second-order valence-corrected chi connectivity index (χ2v) is 2.78. The van der Waals surface area contributed by atoms with Gasteiger partial charge in [-0.05, 0) is 13.0 Å². The molecule has 2 rings (SSSR count). The average molecular weight is 178 g/mol. The Morgan fingerprint density at radius 1 is 1.46 bits per heavy atom. The Kier molecular flexibility index (Phi) is 2.04. The first kappa shape index (κ1) is 7.91. The maximum atomic E-state index is 5.11. The molecule has 0 aromatic carbocycles. The van der Waals surface area contributed by atoms with E-state index in [0.29, 0.717) is 12.6 Å². The van der Waals surface area contributed by atoms with E-state index in [9.17, 15) is 0 Å². The monoisotopic (exact) mass is 178 g/mol. The molecule has 2 aromatic heterocycles. The van der Waals surface area contributed by atoms with Gasteiger partial charge in [-0.1, -0.05) is 0 Å². The van der Waals surface area contributed by atoms with Crippen LogP contribution in [0.25, 0.3) is 0 Å². The molecule has 0 unspecified atom stereocenters. The number of nitrogens with one attached hydrogen (secondary N) is 1. The number of oxazole rings is 1. The highest BCUT2D eigenvalue weighted by Gasteiger charge is 1.99. The molecular weight excluding hydrogens is 168 g/mol. The molecule has 0 aliphatic heterocycles. The Morgan fingerprint density at radius 2 is 2.38 bits per heavy atom. The van der Waals surface area contributed by atoms with Crippen LogP contribution >= 0.6 is 0 Å². The van der Waals surface area contributed by atoms with Crippen molar-refractivity contribution < 1.29 is 8.83 Å². The van der Waals surface area contributed by atoms with Crippen molar-refractivity contribution in [3.05, 3.63) is 36.1 Å². The number of rotatable bonds is 3. The standard InChI is InChI=1S/C9H10N2O2/c1-7-5-13-9(11-7)10-4-8-2-3-12-6-8/h2-3,5-6H,4H2,1H3,(H,10,11). The lowest BCUT2D eigenvalue weighted by atomic mass is 10.3. The molecular formula is C9H10N2O2. The van der Waals surface area contributed by atoms with Gasteiger partial charge in [0.05, 0.1) is 18.2 Å². The number of nitrogens with zero attached hydrogens (tertiary/aromatic N) is 1. The Hall–Kier alpha value is -1.71. The second kappa shape index (κ2) is 3.35. The number of furan rings is 1. The molecule has 0 radical (unpaired) electrons. The third kappa shape index (κ3) is 1.90. The van der Waals surface area contributed by atoms with Gasteiger partial charge in [0.25, 0.3) is 6.01 Å². The van der Waals surface area contributed by atoms with E-state index in [1.165, 1.54) is 0 Å². The second-order valence-electron chi connectivity index (χ2n) is 2.78. The fraction of sp³-hybridized carbons (Fsp3) is 0.222. The molecule has 0 bridgehead atoms. The summed E-state index contributed by atoms with van der Waals surface area (Å²) < 4.78 is 10.0. The number of aryl methyl sites for hydroxylation is 1. The lowest BCUT2D eigenvalue weighted by Gasteiger charge is -1.96. The van der Waals surface area contributed by atoms with Crippen LogP contribution in [0.5, 0.6) is 0 Å². The molecule has 13 heavy (non-hydrogen) atoms. The summed E-state index contributed by atoms with van der Waals surface area (Å²) in [5.41, 5.74) is 1.94. The van der Waals surface area contributed by atoms with Gasteiger partial charge in [0, 0.05) is 12.1 Å². The molecule has 0 amide bonds. The van der Waals surface area contributed by atoms with Crippen LogP contribution in [-0.4, -0.2) is 4.98 Å². The molecule has 0 saturated heterocycles. The topological polar surface area (TPSA) is 51.2 Å². The molecule has 4 nitrogen and oxygen atoms in total. The molecule has 0 spiro atoms. The van der Waals surface area contributed by atoms with Crippen LogP contribution in [0, 0.1) is 6.92 Å². The maximum Gasteiger partial charge on any atom is 0.294 e. The van der Waals surface area contributed by atoms with Crippen molar-refractivity contribution in [1.29, 1.82) is 0 Å². The maximum absolute atomic E-state index is 5.11. The van der Waals surface area contributed by atoms with Crippen LogP contribution in [0.15, 0.2) is 33.7 Å². The highest BCUT2D eigenvalue weighted by molar-refractivity contribution is 5.23. The normalized spacial score (nSPS) is 10.2. The van der Waals surface area contributed by atoms with Gasteiger partial charge in [-0.3, -0.25) is 0 Å². The van der Waals surface area contributed by atoms with E-state index in [4.69, 9.17) is 8.83 Å². The Bertz CT molecular complexity index is 365. The van der Waals surface area contributed by atoms with Gasteiger partial charge in [0.1, 0.15) is 6.26 Å². The number of aromatic nitrogens is 1. The van der Waals surface area contributed by atoms with Crippen molar-refractivity contribution in [2.75, 3.05) is 5.32 Å². The minimum atomic E-state index is 0.540. The minimum absolute atomic E-state index is 0.540. The number of hydrogen-bond acceptors (Lipinski definition) is 4. The summed E-state index contributed by atoms with van der Waals surface area (Å²) in [7, 11) is 0. The molecule has 4 heteroatoms. The molecule has 0 atom stereocenters. The lowest BCUT2D eigenvalue weighted by Crippen LogP contribution is -1.97. The summed E-state index contributed by atoms with van der Waals surface area (Å²) >= 11 is 0. The Labute approximate surface area is 75.6 Å². The Balaban J connectivity index is 1.93. The zero-order valence-electron chi connectivity index (χ0n) is 7.28. The zero-order chi connectivity index (χ0) is 9.10. The summed E-state index contributed by atoms with van der Waals surface area (Å²) in [6.07, 6.45) is 4.93. The fourth-order valence-corrected chi connectivity index (χ4v) is 1.01. The van der Waals surface area contributed by atoms with Crippen molar-refractivity contribution in [2.24, 2.45) is 0 Å². The summed E-state index contributed by atoms with van der Waals surface area (Å²) in [5.74, 6) is 0. The third-order valence-electron chi connectivity index (χ3n) is 1.64. The van der Waals surface area contributed by atoms with Crippen LogP contribution in [0.2, 0.25) is 0 Å². The van der Waals surface area contributed by atoms with Crippen LogP contribution in [0.3, 0.4) is 0 Å². The molecule has 1 N–H and O–H groups in total. The fourth-order valence-electron chi connectivity index (χ4n) is 1.01. The van der Waals surface area contributed by atoms with Crippen molar-refractivity contribution in [1.82, 2.24) is 4.98 Å². The minimum Gasteiger partial charge on any atom is -0.472 e. The van der Waals surface area contributed by atoms with Gasteiger partial charge in [0.2, 0.25) is 0 Å². The molecule has 0 saturated carbocycles. The van der Waals surface area contributed by atoms with Crippen molar-refractivity contribution in [3.63, 3.8) is 0 Å². The van der Waals surface area contributed by atoms with Gasteiger partial charge in [0.15, 0.2) is 0 Å². The SMILES string of the molecule is Cc1coc(NCc2ccoc2)n1. The van der Waals surface area contributed by atoms with Crippen molar-refractivity contribution >= 4 is 6.01 Å². The highest BCUT2D eigenvalue weighted by atomic mass is 16.4. The van der Waals surface area contributed by atoms with Crippen LogP contribution in [-0.2, 0) is 6.54 Å². The summed E-state index contributed by atoms with van der Waals surface area (Å²) in [6, 6.07) is 2.43. The zero-order valence-corrected chi connectivity index (χ0v) is 7.28. The van der Waals surface area contributed by atoms with Gasteiger partial charge >= 0.3 is 0 Å². The van der Waals surface area contributed by atoms with Crippen molar-refractivity contribution in [3.8, 4) is 0 Å².